The fourth-order valence-electron chi connectivity index (χ4n) is 6.12. The Morgan fingerprint density at radius 1 is 0.942 bits per heavy atom. The van der Waals surface area contributed by atoms with E-state index in [1.807, 2.05) is 49.6 Å². The Labute approximate surface area is 296 Å². The van der Waals surface area contributed by atoms with Crippen LogP contribution in [-0.4, -0.2) is 32.5 Å². The van der Waals surface area contributed by atoms with E-state index in [9.17, 15) is 28.1 Å². The molecule has 0 aliphatic heterocycles. The number of hydrogen-bond donors (Lipinski definition) is 0. The Morgan fingerprint density at radius 2 is 1.65 bits per heavy atom. The van der Waals surface area contributed by atoms with Gasteiger partial charge in [0.2, 0.25) is 5.75 Å². The van der Waals surface area contributed by atoms with Gasteiger partial charge in [0.15, 0.2) is 5.82 Å². The monoisotopic (exact) mass is 709 g/mol. The number of fused-ring (bicyclic) bond motifs is 1. The fourth-order valence-corrected chi connectivity index (χ4v) is 6.12. The highest BCUT2D eigenvalue weighted by molar-refractivity contribution is 5.84. The van der Waals surface area contributed by atoms with Crippen molar-refractivity contribution in [3.8, 4) is 34.3 Å². The number of nitro benzene ring substituents is 1. The average Bonchev–Trinajstić information content (AvgIpc) is 3.39. The van der Waals surface area contributed by atoms with Crippen LogP contribution in [0.15, 0.2) is 94.8 Å². The Kier molecular flexibility index (Phi) is 9.45. The van der Waals surface area contributed by atoms with Crippen molar-refractivity contribution in [2.75, 3.05) is 7.11 Å². The minimum atomic E-state index is -4.74. The zero-order valence-electron chi connectivity index (χ0n) is 29.1. The summed E-state index contributed by atoms with van der Waals surface area (Å²) in [6.45, 7) is 9.88. The Bertz CT molecular complexity index is 2430. The molecule has 0 radical (unpaired) electrons. The van der Waals surface area contributed by atoms with Crippen LogP contribution in [0.4, 0.5) is 18.9 Å². The number of rotatable bonds is 9. The lowest BCUT2D eigenvalue weighted by Gasteiger charge is -2.17. The summed E-state index contributed by atoms with van der Waals surface area (Å²) in [5, 5.41) is 16.6. The molecule has 0 unspecified atom stereocenters. The number of aromatic nitrogens is 3. The van der Waals surface area contributed by atoms with Crippen LogP contribution in [0, 0.1) is 30.9 Å². The van der Waals surface area contributed by atoms with Gasteiger partial charge in [-0.05, 0) is 105 Å². The SMILES string of the molecule is COc1cc(C)c(-c2nc3ccccc3c(=O)n2N=Cc2cc(C)n(-c3ccc(Oc4ccc(C(F)(F)F)cc4[N+](=O)[O-])cc3)c2C)cc1C(C)C. The van der Waals surface area contributed by atoms with Crippen molar-refractivity contribution in [3.05, 3.63) is 139 Å². The number of para-hydroxylation sites is 1. The topological polar surface area (TPSA) is 114 Å². The minimum absolute atomic E-state index is 0.146. The van der Waals surface area contributed by atoms with E-state index in [2.05, 4.69) is 13.8 Å². The van der Waals surface area contributed by atoms with E-state index >= 15 is 0 Å². The van der Waals surface area contributed by atoms with Crippen LogP contribution >= 0.6 is 0 Å². The molecule has 10 nitrogen and oxygen atoms in total. The van der Waals surface area contributed by atoms with E-state index in [1.54, 1.807) is 55.8 Å². The predicted octanol–water partition coefficient (Wildman–Crippen LogP) is 9.51. The van der Waals surface area contributed by atoms with Gasteiger partial charge in [0.1, 0.15) is 11.5 Å². The van der Waals surface area contributed by atoms with Crippen LogP contribution in [0.5, 0.6) is 17.2 Å². The molecule has 6 aromatic rings. The lowest BCUT2D eigenvalue weighted by molar-refractivity contribution is -0.385. The first-order valence-corrected chi connectivity index (χ1v) is 16.3. The average molecular weight is 710 g/mol. The molecule has 0 saturated carbocycles. The summed E-state index contributed by atoms with van der Waals surface area (Å²) in [6.07, 6.45) is -3.12. The van der Waals surface area contributed by atoms with Crippen LogP contribution in [0.25, 0.3) is 28.0 Å². The first-order valence-electron chi connectivity index (χ1n) is 16.3. The smallest absolute Gasteiger partial charge is 0.416 e. The molecule has 0 fully saturated rings. The summed E-state index contributed by atoms with van der Waals surface area (Å²) >= 11 is 0. The van der Waals surface area contributed by atoms with Crippen molar-refractivity contribution < 1.29 is 27.6 Å². The zero-order chi connectivity index (χ0) is 37.5. The molecule has 2 aromatic heterocycles. The van der Waals surface area contributed by atoms with Crippen molar-refractivity contribution in [2.24, 2.45) is 5.10 Å². The number of ether oxygens (including phenoxy) is 2. The summed E-state index contributed by atoms with van der Waals surface area (Å²) in [6, 6.07) is 21.7. The van der Waals surface area contributed by atoms with Gasteiger partial charge in [-0.15, -0.1) is 0 Å². The number of alkyl halides is 3. The van der Waals surface area contributed by atoms with Gasteiger partial charge in [-0.25, -0.2) is 4.98 Å². The van der Waals surface area contributed by atoms with Gasteiger partial charge < -0.3 is 14.0 Å². The lowest BCUT2D eigenvalue weighted by atomic mass is 9.96. The standard InChI is InChI=1S/C39H34F3N5O5/c1-22(2)31-20-32(23(3)17-36(31)51-6)37-44-33-10-8-7-9-30(33)38(48)46(37)43-21-26-18-24(4)45(25(26)5)28-12-14-29(15-13-28)52-35-16-11-27(39(40,41)42)19-34(35)47(49)50/h7-22H,1-6H3. The highest BCUT2D eigenvalue weighted by Crippen LogP contribution is 2.38. The van der Waals surface area contributed by atoms with Crippen LogP contribution in [0.1, 0.15) is 53.4 Å². The van der Waals surface area contributed by atoms with E-state index in [1.165, 1.54) is 4.68 Å². The van der Waals surface area contributed by atoms with E-state index in [0.29, 0.717) is 22.8 Å². The molecular formula is C39H34F3N5O5. The Hall–Kier alpha value is -6.24. The summed E-state index contributed by atoms with van der Waals surface area (Å²) in [4.78, 5) is 29.4. The highest BCUT2D eigenvalue weighted by atomic mass is 19.4. The Morgan fingerprint density at radius 3 is 2.31 bits per heavy atom. The first-order chi connectivity index (χ1) is 24.7. The van der Waals surface area contributed by atoms with Crippen LogP contribution in [-0.2, 0) is 6.18 Å². The van der Waals surface area contributed by atoms with Gasteiger partial charge in [-0.2, -0.15) is 22.9 Å². The summed E-state index contributed by atoms with van der Waals surface area (Å²) in [5.74, 6) is 1.16. The van der Waals surface area contributed by atoms with Crippen molar-refractivity contribution in [1.82, 2.24) is 14.2 Å². The van der Waals surface area contributed by atoms with Crippen molar-refractivity contribution in [3.63, 3.8) is 0 Å². The minimum Gasteiger partial charge on any atom is -0.496 e. The molecule has 6 rings (SSSR count). The first kappa shape index (κ1) is 35.6. The second-order valence-electron chi connectivity index (χ2n) is 12.6. The molecule has 52 heavy (non-hydrogen) atoms. The van der Waals surface area contributed by atoms with E-state index < -0.39 is 22.4 Å². The normalized spacial score (nSPS) is 11.9. The van der Waals surface area contributed by atoms with Gasteiger partial charge in [-0.3, -0.25) is 14.9 Å². The van der Waals surface area contributed by atoms with Crippen LogP contribution in [0.3, 0.4) is 0 Å². The number of hydrogen-bond acceptors (Lipinski definition) is 7. The van der Waals surface area contributed by atoms with Crippen molar-refractivity contribution in [2.45, 2.75) is 46.7 Å². The van der Waals surface area contributed by atoms with Gasteiger partial charge in [0.25, 0.3) is 5.56 Å². The summed E-state index contributed by atoms with van der Waals surface area (Å²) in [5.41, 5.74) is 3.98. The van der Waals surface area contributed by atoms with Gasteiger partial charge in [0.05, 0.1) is 34.7 Å². The molecule has 0 aliphatic carbocycles. The van der Waals surface area contributed by atoms with Crippen molar-refractivity contribution in [1.29, 1.82) is 0 Å². The van der Waals surface area contributed by atoms with Crippen molar-refractivity contribution >= 4 is 22.8 Å². The summed E-state index contributed by atoms with van der Waals surface area (Å²) in [7, 11) is 1.63. The molecular weight excluding hydrogens is 675 g/mol. The highest BCUT2D eigenvalue weighted by Gasteiger charge is 2.33. The number of nitrogens with zero attached hydrogens (tertiary/aromatic N) is 5. The molecule has 0 N–H and O–H groups in total. The maximum Gasteiger partial charge on any atom is 0.416 e. The molecule has 0 aliphatic rings. The molecule has 13 heteroatoms. The second kappa shape index (κ2) is 13.8. The molecule has 0 bridgehead atoms. The number of nitro groups is 1. The molecule has 0 spiro atoms. The third kappa shape index (κ3) is 6.76. The zero-order valence-corrected chi connectivity index (χ0v) is 29.1. The van der Waals surface area contributed by atoms with Crippen LogP contribution in [0.2, 0.25) is 0 Å². The largest absolute Gasteiger partial charge is 0.496 e. The molecule has 0 saturated heterocycles. The van der Waals surface area contributed by atoms with E-state index in [0.717, 1.165) is 57.2 Å². The Balaban J connectivity index is 1.36. The molecule has 0 atom stereocenters. The van der Waals surface area contributed by atoms with E-state index in [4.69, 9.17) is 19.6 Å². The maximum atomic E-state index is 13.9. The number of aryl methyl sites for hydroxylation is 2. The fraction of sp³-hybridized carbons (Fsp3) is 0.205. The number of halogens is 3. The maximum absolute atomic E-state index is 13.9. The lowest BCUT2D eigenvalue weighted by Crippen LogP contribution is -2.21. The van der Waals surface area contributed by atoms with E-state index in [-0.39, 0.29) is 23.0 Å². The predicted molar refractivity (Wildman–Crippen MR) is 193 cm³/mol. The second-order valence-corrected chi connectivity index (χ2v) is 12.6. The third-order valence-electron chi connectivity index (χ3n) is 8.78. The van der Waals surface area contributed by atoms with Crippen LogP contribution < -0.4 is 15.0 Å². The molecule has 266 valence electrons. The van der Waals surface area contributed by atoms with Gasteiger partial charge in [-0.1, -0.05) is 26.0 Å². The molecule has 0 amide bonds. The number of methoxy groups -OCH3 is 1. The molecule has 4 aromatic carbocycles. The summed E-state index contributed by atoms with van der Waals surface area (Å²) < 4.78 is 54.0. The van der Waals surface area contributed by atoms with Gasteiger partial charge in [0, 0.05) is 34.3 Å². The van der Waals surface area contributed by atoms with Gasteiger partial charge >= 0.3 is 11.9 Å². The number of benzene rings is 4. The quantitative estimate of drug-likeness (QED) is 0.0840. The molecule has 2 heterocycles. The third-order valence-corrected chi connectivity index (χ3v) is 8.78.